The number of rotatable bonds is 6. The van der Waals surface area contributed by atoms with Crippen molar-refractivity contribution in [3.8, 4) is 5.75 Å². The Morgan fingerprint density at radius 1 is 1.32 bits per heavy atom. The van der Waals surface area contributed by atoms with Gasteiger partial charge in [-0.2, -0.15) is 0 Å². The molecular weight excluding hydrogens is 355 g/mol. The summed E-state index contributed by atoms with van der Waals surface area (Å²) >= 11 is 15.3. The van der Waals surface area contributed by atoms with E-state index in [4.69, 9.17) is 32.7 Å². The second-order valence-electron chi connectivity index (χ2n) is 3.84. The van der Waals surface area contributed by atoms with E-state index in [-0.39, 0.29) is 5.97 Å². The zero-order valence-electron chi connectivity index (χ0n) is 10.7. The lowest BCUT2D eigenvalue weighted by Gasteiger charge is -2.18. The molecule has 0 amide bonds. The fraction of sp³-hybridized carbons (Fsp3) is 0.462. The molecule has 19 heavy (non-hydrogen) atoms. The maximum absolute atomic E-state index is 11.8. The minimum Gasteiger partial charge on any atom is -0.477 e. The summed E-state index contributed by atoms with van der Waals surface area (Å²) in [5.74, 6) is -0.0131. The van der Waals surface area contributed by atoms with Gasteiger partial charge in [0.15, 0.2) is 6.10 Å². The molecule has 0 fully saturated rings. The van der Waals surface area contributed by atoms with Gasteiger partial charge in [-0.15, -0.1) is 0 Å². The van der Waals surface area contributed by atoms with E-state index in [1.807, 2.05) is 6.92 Å². The van der Waals surface area contributed by atoms with Gasteiger partial charge in [0.1, 0.15) is 5.75 Å². The van der Waals surface area contributed by atoms with Gasteiger partial charge in [-0.25, -0.2) is 4.79 Å². The van der Waals surface area contributed by atoms with E-state index in [1.54, 1.807) is 19.1 Å². The highest BCUT2D eigenvalue weighted by Crippen LogP contribution is 2.35. The maximum atomic E-state index is 11.8. The van der Waals surface area contributed by atoms with Gasteiger partial charge in [-0.3, -0.25) is 0 Å². The van der Waals surface area contributed by atoms with Gasteiger partial charge < -0.3 is 9.47 Å². The van der Waals surface area contributed by atoms with Crippen LogP contribution in [0, 0.1) is 0 Å². The Balaban J connectivity index is 2.90. The highest BCUT2D eigenvalue weighted by Gasteiger charge is 2.22. The number of hydrogen-bond acceptors (Lipinski definition) is 3. The van der Waals surface area contributed by atoms with Crippen LogP contribution >= 0.6 is 39.1 Å². The quantitative estimate of drug-likeness (QED) is 0.530. The first-order valence-corrected chi connectivity index (χ1v) is 7.52. The monoisotopic (exact) mass is 368 g/mol. The molecule has 3 nitrogen and oxygen atoms in total. The molecule has 0 aromatic heterocycles. The van der Waals surface area contributed by atoms with Gasteiger partial charge in [0.25, 0.3) is 0 Å². The van der Waals surface area contributed by atoms with Gasteiger partial charge in [0, 0.05) is 10.5 Å². The molecule has 106 valence electrons. The van der Waals surface area contributed by atoms with Crippen molar-refractivity contribution in [1.29, 1.82) is 0 Å². The van der Waals surface area contributed by atoms with E-state index >= 15 is 0 Å². The van der Waals surface area contributed by atoms with Gasteiger partial charge in [0.05, 0.1) is 16.7 Å². The largest absolute Gasteiger partial charge is 0.477 e. The van der Waals surface area contributed by atoms with E-state index < -0.39 is 6.10 Å². The molecule has 0 aliphatic rings. The third-order valence-corrected chi connectivity index (χ3v) is 3.84. The predicted molar refractivity (Wildman–Crippen MR) is 80.1 cm³/mol. The number of carbonyl (C=O) groups excluding carboxylic acids is 1. The molecule has 0 aliphatic heterocycles. The molecule has 0 N–H and O–H groups in total. The molecule has 1 aromatic carbocycles. The van der Waals surface area contributed by atoms with Crippen LogP contribution in [0.15, 0.2) is 16.6 Å². The number of hydrogen-bond donors (Lipinski definition) is 0. The van der Waals surface area contributed by atoms with Crippen molar-refractivity contribution >= 4 is 45.1 Å². The fourth-order valence-electron chi connectivity index (χ4n) is 1.47. The van der Waals surface area contributed by atoms with Gasteiger partial charge >= 0.3 is 5.97 Å². The normalized spacial score (nSPS) is 12.1. The molecule has 1 aromatic rings. The second-order valence-corrected chi connectivity index (χ2v) is 5.51. The van der Waals surface area contributed by atoms with Crippen molar-refractivity contribution in [2.45, 2.75) is 32.8 Å². The molecular formula is C13H15BrCl2O3. The summed E-state index contributed by atoms with van der Waals surface area (Å²) < 4.78 is 11.3. The molecule has 0 bridgehead atoms. The summed E-state index contributed by atoms with van der Waals surface area (Å²) in [6.07, 6.45) is 0.688. The summed E-state index contributed by atoms with van der Waals surface area (Å²) in [5, 5.41) is 0.861. The van der Waals surface area contributed by atoms with Crippen LogP contribution in [0.5, 0.6) is 5.75 Å². The summed E-state index contributed by atoms with van der Waals surface area (Å²) in [5.41, 5.74) is 0. The molecule has 0 aliphatic carbocycles. The average Bonchev–Trinajstić information content (AvgIpc) is 2.35. The van der Waals surface area contributed by atoms with E-state index in [0.717, 1.165) is 6.42 Å². The van der Waals surface area contributed by atoms with Gasteiger partial charge in [0.2, 0.25) is 0 Å². The van der Waals surface area contributed by atoms with Crippen LogP contribution in [-0.4, -0.2) is 18.7 Å². The Hall–Kier alpha value is -0.450. The van der Waals surface area contributed by atoms with E-state index in [1.165, 1.54) is 0 Å². The van der Waals surface area contributed by atoms with Crippen LogP contribution in [0.3, 0.4) is 0 Å². The SMILES string of the molecule is CCCC(Oc1cc(Cl)c(Br)cc1Cl)C(=O)OCC. The Bertz CT molecular complexity index is 452. The van der Waals surface area contributed by atoms with E-state index in [0.29, 0.717) is 33.3 Å². The Morgan fingerprint density at radius 2 is 2.00 bits per heavy atom. The topological polar surface area (TPSA) is 35.5 Å². The van der Waals surface area contributed by atoms with Crippen molar-refractivity contribution < 1.29 is 14.3 Å². The first kappa shape index (κ1) is 16.6. The molecule has 0 heterocycles. The Labute approximate surface area is 131 Å². The lowest BCUT2D eigenvalue weighted by Crippen LogP contribution is -2.29. The van der Waals surface area contributed by atoms with Crippen LogP contribution in [0.25, 0.3) is 0 Å². The number of esters is 1. The lowest BCUT2D eigenvalue weighted by molar-refractivity contribution is -0.151. The van der Waals surface area contributed by atoms with Gasteiger partial charge in [-0.1, -0.05) is 36.5 Å². The number of benzene rings is 1. The molecule has 6 heteroatoms. The summed E-state index contributed by atoms with van der Waals surface area (Å²) in [7, 11) is 0. The number of halogens is 3. The predicted octanol–water partition coefficient (Wildman–Crippen LogP) is 4.87. The lowest BCUT2D eigenvalue weighted by atomic mass is 10.2. The third-order valence-electron chi connectivity index (χ3n) is 2.34. The zero-order chi connectivity index (χ0) is 14.4. The highest BCUT2D eigenvalue weighted by atomic mass is 79.9. The summed E-state index contributed by atoms with van der Waals surface area (Å²) in [4.78, 5) is 11.8. The second kappa shape index (κ2) is 7.98. The smallest absolute Gasteiger partial charge is 0.347 e. The van der Waals surface area contributed by atoms with Crippen LogP contribution in [0.4, 0.5) is 0 Å². The van der Waals surface area contributed by atoms with Crippen molar-refractivity contribution in [1.82, 2.24) is 0 Å². The van der Waals surface area contributed by atoms with Crippen molar-refractivity contribution in [2.75, 3.05) is 6.61 Å². The maximum Gasteiger partial charge on any atom is 0.347 e. The molecule has 0 spiro atoms. The first-order chi connectivity index (χ1) is 8.99. The average molecular weight is 370 g/mol. The highest BCUT2D eigenvalue weighted by molar-refractivity contribution is 9.10. The van der Waals surface area contributed by atoms with Crippen LogP contribution < -0.4 is 4.74 Å². The molecule has 1 unspecified atom stereocenters. The molecule has 0 saturated heterocycles. The van der Waals surface area contributed by atoms with E-state index in [9.17, 15) is 4.79 Å². The van der Waals surface area contributed by atoms with Crippen LogP contribution in [0.2, 0.25) is 10.0 Å². The molecule has 0 radical (unpaired) electrons. The standard InChI is InChI=1S/C13H15BrCl2O3/c1-3-5-11(13(17)18-4-2)19-12-7-9(15)8(14)6-10(12)16/h6-7,11H,3-5H2,1-2H3. The fourth-order valence-corrected chi connectivity index (χ4v) is 2.31. The zero-order valence-corrected chi connectivity index (χ0v) is 13.8. The van der Waals surface area contributed by atoms with Crippen LogP contribution in [-0.2, 0) is 9.53 Å². The molecule has 1 rings (SSSR count). The Morgan fingerprint density at radius 3 is 2.58 bits per heavy atom. The molecule has 0 saturated carbocycles. The molecule has 1 atom stereocenters. The Kier molecular flexibility index (Phi) is 6.97. The number of carbonyl (C=O) groups is 1. The number of ether oxygens (including phenoxy) is 2. The van der Waals surface area contributed by atoms with Gasteiger partial charge in [-0.05, 0) is 35.3 Å². The van der Waals surface area contributed by atoms with Crippen molar-refractivity contribution in [3.63, 3.8) is 0 Å². The minimum absolute atomic E-state index is 0.317. The van der Waals surface area contributed by atoms with Crippen molar-refractivity contribution in [3.05, 3.63) is 26.7 Å². The van der Waals surface area contributed by atoms with Crippen molar-refractivity contribution in [2.24, 2.45) is 0 Å². The van der Waals surface area contributed by atoms with E-state index in [2.05, 4.69) is 15.9 Å². The third kappa shape index (κ3) is 4.86. The first-order valence-electron chi connectivity index (χ1n) is 5.97. The minimum atomic E-state index is -0.667. The van der Waals surface area contributed by atoms with Crippen LogP contribution in [0.1, 0.15) is 26.7 Å². The summed E-state index contributed by atoms with van der Waals surface area (Å²) in [6.45, 7) is 4.04. The summed E-state index contributed by atoms with van der Waals surface area (Å²) in [6, 6.07) is 3.21.